The first-order valence-corrected chi connectivity index (χ1v) is 8.03. The molecule has 0 N–H and O–H groups in total. The Kier molecular flexibility index (Phi) is 4.52. The van der Waals surface area contributed by atoms with Crippen molar-refractivity contribution in [2.24, 2.45) is 0 Å². The predicted octanol–water partition coefficient (Wildman–Crippen LogP) is 3.69. The number of nitrogens with zero attached hydrogens (tertiary/aromatic N) is 2. The second-order valence-corrected chi connectivity index (χ2v) is 5.70. The van der Waals surface area contributed by atoms with Gasteiger partial charge >= 0.3 is 0 Å². The molecule has 120 valence electrons. The van der Waals surface area contributed by atoms with Gasteiger partial charge in [-0.25, -0.2) is 4.98 Å². The molecule has 5 nitrogen and oxygen atoms in total. The van der Waals surface area contributed by atoms with Gasteiger partial charge in [-0.2, -0.15) is 11.3 Å². The molecule has 0 spiro atoms. The molecule has 0 amide bonds. The third-order valence-corrected chi connectivity index (χ3v) is 4.30. The van der Waals surface area contributed by atoms with Gasteiger partial charge < -0.3 is 18.8 Å². The first-order valence-electron chi connectivity index (χ1n) is 7.09. The van der Waals surface area contributed by atoms with Gasteiger partial charge in [0, 0.05) is 24.5 Å². The maximum Gasteiger partial charge on any atom is 0.203 e. The molecule has 0 saturated heterocycles. The monoisotopic (exact) mass is 330 g/mol. The van der Waals surface area contributed by atoms with Crippen LogP contribution in [0.4, 0.5) is 0 Å². The van der Waals surface area contributed by atoms with Crippen LogP contribution in [-0.2, 0) is 6.54 Å². The molecule has 0 aliphatic heterocycles. The summed E-state index contributed by atoms with van der Waals surface area (Å²) in [4.78, 5) is 4.49. The molecule has 0 atom stereocenters. The lowest BCUT2D eigenvalue weighted by Crippen LogP contribution is -2.01. The Balaban J connectivity index is 2.04. The van der Waals surface area contributed by atoms with Crippen molar-refractivity contribution in [1.29, 1.82) is 0 Å². The highest BCUT2D eigenvalue weighted by Crippen LogP contribution is 2.40. The van der Waals surface area contributed by atoms with E-state index in [9.17, 15) is 0 Å². The molecule has 0 bridgehead atoms. The fourth-order valence-electron chi connectivity index (χ4n) is 2.49. The summed E-state index contributed by atoms with van der Waals surface area (Å²) in [7, 11) is 4.81. The number of aromatic nitrogens is 2. The second-order valence-electron chi connectivity index (χ2n) is 4.92. The quantitative estimate of drug-likeness (QED) is 0.691. The van der Waals surface area contributed by atoms with Crippen LogP contribution in [0.1, 0.15) is 5.56 Å². The van der Waals surface area contributed by atoms with Crippen LogP contribution in [0, 0.1) is 0 Å². The third-order valence-electron chi connectivity index (χ3n) is 3.57. The molecule has 2 heterocycles. The molecular formula is C17H18N2O3S. The SMILES string of the molecule is COc1cc(-c2nccn2Cc2ccsc2)cc(OC)c1OC. The van der Waals surface area contributed by atoms with E-state index in [1.165, 1.54) is 5.56 Å². The minimum atomic E-state index is 0.578. The summed E-state index contributed by atoms with van der Waals surface area (Å²) in [6.07, 6.45) is 3.76. The highest BCUT2D eigenvalue weighted by Gasteiger charge is 2.16. The van der Waals surface area contributed by atoms with Crippen LogP contribution in [0.3, 0.4) is 0 Å². The minimum absolute atomic E-state index is 0.578. The molecule has 3 aromatic rings. The third kappa shape index (κ3) is 3.03. The normalized spacial score (nSPS) is 10.6. The Bertz CT molecular complexity index is 756. The standard InChI is InChI=1S/C17H18N2O3S/c1-20-14-8-13(9-15(21-2)16(14)22-3)17-18-5-6-19(17)10-12-4-7-23-11-12/h4-9,11H,10H2,1-3H3. The van der Waals surface area contributed by atoms with E-state index >= 15 is 0 Å². The maximum atomic E-state index is 5.42. The van der Waals surface area contributed by atoms with Crippen LogP contribution in [-0.4, -0.2) is 30.9 Å². The average Bonchev–Trinajstić information content (AvgIpc) is 3.25. The molecule has 3 rings (SSSR count). The van der Waals surface area contributed by atoms with E-state index in [2.05, 4.69) is 26.4 Å². The Hall–Kier alpha value is -2.47. The Morgan fingerprint density at radius 2 is 1.83 bits per heavy atom. The smallest absolute Gasteiger partial charge is 0.203 e. The number of hydrogen-bond acceptors (Lipinski definition) is 5. The zero-order valence-electron chi connectivity index (χ0n) is 13.3. The van der Waals surface area contributed by atoms with Crippen molar-refractivity contribution in [2.75, 3.05) is 21.3 Å². The van der Waals surface area contributed by atoms with Gasteiger partial charge in [0.05, 0.1) is 21.3 Å². The number of thiophene rings is 1. The Morgan fingerprint density at radius 1 is 1.09 bits per heavy atom. The molecule has 0 saturated carbocycles. The molecule has 0 radical (unpaired) electrons. The van der Waals surface area contributed by atoms with Crippen molar-refractivity contribution in [3.05, 3.63) is 46.9 Å². The molecule has 2 aromatic heterocycles. The van der Waals surface area contributed by atoms with E-state index in [0.717, 1.165) is 17.9 Å². The van der Waals surface area contributed by atoms with Gasteiger partial charge in [0.2, 0.25) is 5.75 Å². The molecule has 23 heavy (non-hydrogen) atoms. The summed E-state index contributed by atoms with van der Waals surface area (Å²) in [6, 6.07) is 5.94. The van der Waals surface area contributed by atoms with Gasteiger partial charge in [0.15, 0.2) is 11.5 Å². The molecule has 6 heteroatoms. The molecule has 0 aliphatic carbocycles. The van der Waals surface area contributed by atoms with Gasteiger partial charge in [-0.3, -0.25) is 0 Å². The highest BCUT2D eigenvalue weighted by atomic mass is 32.1. The predicted molar refractivity (Wildman–Crippen MR) is 90.7 cm³/mol. The number of hydrogen-bond donors (Lipinski definition) is 0. The lowest BCUT2D eigenvalue weighted by molar-refractivity contribution is 0.324. The largest absolute Gasteiger partial charge is 0.493 e. The highest BCUT2D eigenvalue weighted by molar-refractivity contribution is 7.07. The van der Waals surface area contributed by atoms with Crippen molar-refractivity contribution in [1.82, 2.24) is 9.55 Å². The van der Waals surface area contributed by atoms with E-state index in [4.69, 9.17) is 14.2 Å². The van der Waals surface area contributed by atoms with Crippen molar-refractivity contribution >= 4 is 11.3 Å². The van der Waals surface area contributed by atoms with Gasteiger partial charge in [0.25, 0.3) is 0 Å². The Labute approximate surface area is 139 Å². The second kappa shape index (κ2) is 6.75. The van der Waals surface area contributed by atoms with Crippen molar-refractivity contribution in [3.63, 3.8) is 0 Å². The number of rotatable bonds is 6. The summed E-state index contributed by atoms with van der Waals surface area (Å²) in [5, 5.41) is 4.21. The topological polar surface area (TPSA) is 45.5 Å². The number of ether oxygens (including phenoxy) is 3. The van der Waals surface area contributed by atoms with Gasteiger partial charge in [-0.05, 0) is 34.5 Å². The van der Waals surface area contributed by atoms with Crippen LogP contribution in [0.15, 0.2) is 41.4 Å². The van der Waals surface area contributed by atoms with Crippen LogP contribution in [0.2, 0.25) is 0 Å². The van der Waals surface area contributed by atoms with E-state index in [1.807, 2.05) is 18.3 Å². The van der Waals surface area contributed by atoms with Crippen LogP contribution < -0.4 is 14.2 Å². The van der Waals surface area contributed by atoms with E-state index < -0.39 is 0 Å². The number of imidazole rings is 1. The zero-order valence-corrected chi connectivity index (χ0v) is 14.1. The summed E-state index contributed by atoms with van der Waals surface area (Å²) >= 11 is 1.69. The fourth-order valence-corrected chi connectivity index (χ4v) is 3.15. The summed E-state index contributed by atoms with van der Waals surface area (Å²) < 4.78 is 18.3. The van der Waals surface area contributed by atoms with E-state index in [0.29, 0.717) is 17.2 Å². The lowest BCUT2D eigenvalue weighted by Gasteiger charge is -2.14. The van der Waals surface area contributed by atoms with Crippen LogP contribution >= 0.6 is 11.3 Å². The fraction of sp³-hybridized carbons (Fsp3) is 0.235. The van der Waals surface area contributed by atoms with Crippen LogP contribution in [0.25, 0.3) is 11.4 Å². The summed E-state index contributed by atoms with van der Waals surface area (Å²) in [6.45, 7) is 0.773. The number of benzene rings is 1. The Morgan fingerprint density at radius 3 is 2.39 bits per heavy atom. The van der Waals surface area contributed by atoms with Gasteiger partial charge in [0.1, 0.15) is 5.82 Å². The summed E-state index contributed by atoms with van der Waals surface area (Å²) in [5.41, 5.74) is 2.17. The maximum absolute atomic E-state index is 5.42. The average molecular weight is 330 g/mol. The first kappa shape index (κ1) is 15.4. The van der Waals surface area contributed by atoms with Crippen molar-refractivity contribution < 1.29 is 14.2 Å². The molecule has 0 aliphatic rings. The molecule has 1 aromatic carbocycles. The van der Waals surface area contributed by atoms with Gasteiger partial charge in [-0.1, -0.05) is 0 Å². The van der Waals surface area contributed by atoms with E-state index in [-0.39, 0.29) is 0 Å². The van der Waals surface area contributed by atoms with Crippen molar-refractivity contribution in [2.45, 2.75) is 6.54 Å². The molecule has 0 unspecified atom stereocenters. The van der Waals surface area contributed by atoms with E-state index in [1.54, 1.807) is 38.9 Å². The zero-order chi connectivity index (χ0) is 16.2. The van der Waals surface area contributed by atoms with Crippen LogP contribution in [0.5, 0.6) is 17.2 Å². The minimum Gasteiger partial charge on any atom is -0.493 e. The molecular weight excluding hydrogens is 312 g/mol. The first-order chi connectivity index (χ1) is 11.3. The molecule has 0 fully saturated rings. The van der Waals surface area contributed by atoms with Crippen molar-refractivity contribution in [3.8, 4) is 28.6 Å². The lowest BCUT2D eigenvalue weighted by atomic mass is 10.1. The summed E-state index contributed by atoms with van der Waals surface area (Å²) in [5.74, 6) is 2.67. The van der Waals surface area contributed by atoms with Gasteiger partial charge in [-0.15, -0.1) is 0 Å². The number of methoxy groups -OCH3 is 3.